The Hall–Kier alpha value is -6.44. The van der Waals surface area contributed by atoms with Crippen molar-refractivity contribution in [2.24, 2.45) is 0 Å². The molecular formula is C48H33N. The Morgan fingerprint density at radius 2 is 1.00 bits per heavy atom. The highest BCUT2D eigenvalue weighted by Crippen LogP contribution is 2.39. The van der Waals surface area contributed by atoms with Crippen LogP contribution in [0, 0.1) is 0 Å². The second kappa shape index (κ2) is 12.3. The van der Waals surface area contributed by atoms with Gasteiger partial charge in [0.15, 0.2) is 0 Å². The maximum Gasteiger partial charge on any atom is 0.0541 e. The maximum absolute atomic E-state index is 2.37. The van der Waals surface area contributed by atoms with Crippen molar-refractivity contribution in [1.82, 2.24) is 4.57 Å². The SMILES string of the molecule is C(=C(\c1ccccc1)c1ccc(-c2cccc(-c3ccc4c(c3)c3ccccc3n4-c3ccccc3)c2)c2ccccc12)/c1ccccc1. The van der Waals surface area contributed by atoms with Crippen LogP contribution in [-0.4, -0.2) is 4.57 Å². The molecule has 0 N–H and O–H groups in total. The van der Waals surface area contributed by atoms with Gasteiger partial charge in [-0.15, -0.1) is 0 Å². The molecule has 8 aromatic carbocycles. The topological polar surface area (TPSA) is 4.93 Å². The molecule has 0 radical (unpaired) electrons. The van der Waals surface area contributed by atoms with Crippen molar-refractivity contribution in [1.29, 1.82) is 0 Å². The number of nitrogens with zero attached hydrogens (tertiary/aromatic N) is 1. The van der Waals surface area contributed by atoms with E-state index in [1.165, 1.54) is 82.8 Å². The van der Waals surface area contributed by atoms with Gasteiger partial charge < -0.3 is 4.57 Å². The van der Waals surface area contributed by atoms with E-state index in [4.69, 9.17) is 0 Å². The Morgan fingerprint density at radius 1 is 0.388 bits per heavy atom. The second-order valence-electron chi connectivity index (χ2n) is 12.5. The number of hydrogen-bond donors (Lipinski definition) is 0. The monoisotopic (exact) mass is 623 g/mol. The van der Waals surface area contributed by atoms with Gasteiger partial charge in [-0.2, -0.15) is 0 Å². The summed E-state index contributed by atoms with van der Waals surface area (Å²) in [6.07, 6.45) is 2.31. The molecule has 0 aliphatic rings. The summed E-state index contributed by atoms with van der Waals surface area (Å²) >= 11 is 0. The predicted molar refractivity (Wildman–Crippen MR) is 209 cm³/mol. The van der Waals surface area contributed by atoms with Crippen molar-refractivity contribution < 1.29 is 0 Å². The summed E-state index contributed by atoms with van der Waals surface area (Å²) in [5.74, 6) is 0. The third-order valence-electron chi connectivity index (χ3n) is 9.60. The molecule has 1 heteroatoms. The summed E-state index contributed by atoms with van der Waals surface area (Å²) in [5, 5.41) is 5.01. The zero-order valence-corrected chi connectivity index (χ0v) is 27.0. The molecule has 0 fully saturated rings. The van der Waals surface area contributed by atoms with Crippen LogP contribution in [0.25, 0.3) is 72.2 Å². The lowest BCUT2D eigenvalue weighted by Crippen LogP contribution is -1.93. The lowest BCUT2D eigenvalue weighted by atomic mass is 9.88. The Bertz CT molecular complexity index is 2630. The minimum absolute atomic E-state index is 1.17. The van der Waals surface area contributed by atoms with E-state index in [1.807, 2.05) is 0 Å². The van der Waals surface area contributed by atoms with E-state index in [2.05, 4.69) is 205 Å². The smallest absolute Gasteiger partial charge is 0.0541 e. The van der Waals surface area contributed by atoms with Gasteiger partial charge in [-0.1, -0.05) is 158 Å². The van der Waals surface area contributed by atoms with E-state index in [0.717, 1.165) is 0 Å². The van der Waals surface area contributed by atoms with Gasteiger partial charge in [0, 0.05) is 16.5 Å². The van der Waals surface area contributed by atoms with Crippen LogP contribution in [-0.2, 0) is 0 Å². The van der Waals surface area contributed by atoms with Crippen LogP contribution in [0.1, 0.15) is 16.7 Å². The molecule has 1 aromatic heterocycles. The van der Waals surface area contributed by atoms with Gasteiger partial charge in [0.2, 0.25) is 0 Å². The van der Waals surface area contributed by atoms with E-state index in [1.54, 1.807) is 0 Å². The average molecular weight is 624 g/mol. The summed E-state index contributed by atoms with van der Waals surface area (Å²) in [5.41, 5.74) is 13.3. The summed E-state index contributed by atoms with van der Waals surface area (Å²) in [6.45, 7) is 0. The standard InChI is InChI=1S/C48H33N/c1-4-15-34(16-5-1)31-45(35-17-6-2-7-18-35)43-29-28-40(41-23-10-11-24-42(41)43)38-20-14-19-36(32-38)37-27-30-48-46(33-37)44-25-12-13-26-47(44)49(48)39-21-8-3-9-22-39/h1-33H/b45-31-. The van der Waals surface area contributed by atoms with Crippen LogP contribution < -0.4 is 0 Å². The van der Waals surface area contributed by atoms with Crippen LogP contribution in [0.5, 0.6) is 0 Å². The van der Waals surface area contributed by atoms with Crippen LogP contribution >= 0.6 is 0 Å². The largest absolute Gasteiger partial charge is 0.309 e. The fourth-order valence-corrected chi connectivity index (χ4v) is 7.31. The van der Waals surface area contributed by atoms with E-state index in [-0.39, 0.29) is 0 Å². The summed E-state index contributed by atoms with van der Waals surface area (Å²) in [4.78, 5) is 0. The Kier molecular flexibility index (Phi) is 7.22. The molecule has 9 rings (SSSR count). The van der Waals surface area contributed by atoms with Gasteiger partial charge in [-0.25, -0.2) is 0 Å². The van der Waals surface area contributed by atoms with E-state index < -0.39 is 0 Å². The maximum atomic E-state index is 2.37. The Labute approximate surface area is 286 Å². The third kappa shape index (κ3) is 5.23. The molecule has 1 heterocycles. The van der Waals surface area contributed by atoms with Crippen LogP contribution in [0.3, 0.4) is 0 Å². The van der Waals surface area contributed by atoms with Crippen molar-refractivity contribution in [2.45, 2.75) is 0 Å². The van der Waals surface area contributed by atoms with Crippen molar-refractivity contribution >= 4 is 44.2 Å². The normalized spacial score (nSPS) is 11.8. The molecule has 0 atom stereocenters. The van der Waals surface area contributed by atoms with Crippen LogP contribution in [0.4, 0.5) is 0 Å². The molecule has 0 aliphatic heterocycles. The third-order valence-corrected chi connectivity index (χ3v) is 9.60. The number of fused-ring (bicyclic) bond motifs is 4. The van der Waals surface area contributed by atoms with Gasteiger partial charge in [-0.05, 0) is 97.8 Å². The molecule has 0 amide bonds. The molecule has 0 unspecified atom stereocenters. The fourth-order valence-electron chi connectivity index (χ4n) is 7.31. The molecule has 9 aromatic rings. The van der Waals surface area contributed by atoms with Crippen molar-refractivity contribution in [3.63, 3.8) is 0 Å². The lowest BCUT2D eigenvalue weighted by molar-refractivity contribution is 1.18. The first-order chi connectivity index (χ1) is 24.3. The molecule has 0 aliphatic carbocycles. The number of hydrogen-bond acceptors (Lipinski definition) is 0. The lowest BCUT2D eigenvalue weighted by Gasteiger charge is -2.16. The summed E-state index contributed by atoms with van der Waals surface area (Å²) in [6, 6.07) is 70.0. The van der Waals surface area contributed by atoms with Gasteiger partial charge in [0.1, 0.15) is 0 Å². The first kappa shape index (κ1) is 28.8. The molecule has 230 valence electrons. The van der Waals surface area contributed by atoms with Gasteiger partial charge in [0.05, 0.1) is 11.0 Å². The minimum Gasteiger partial charge on any atom is -0.309 e. The van der Waals surface area contributed by atoms with Gasteiger partial charge in [0.25, 0.3) is 0 Å². The Morgan fingerprint density at radius 3 is 1.80 bits per heavy atom. The highest BCUT2D eigenvalue weighted by Gasteiger charge is 2.15. The molecular weight excluding hydrogens is 591 g/mol. The van der Waals surface area contributed by atoms with E-state index in [0.29, 0.717) is 0 Å². The Balaban J connectivity index is 1.17. The van der Waals surface area contributed by atoms with E-state index >= 15 is 0 Å². The van der Waals surface area contributed by atoms with Gasteiger partial charge in [-0.3, -0.25) is 0 Å². The number of aromatic nitrogens is 1. The van der Waals surface area contributed by atoms with Crippen molar-refractivity contribution in [3.05, 3.63) is 211 Å². The molecule has 0 saturated carbocycles. The second-order valence-corrected chi connectivity index (χ2v) is 12.5. The van der Waals surface area contributed by atoms with Crippen molar-refractivity contribution in [3.8, 4) is 27.9 Å². The highest BCUT2D eigenvalue weighted by atomic mass is 15.0. The summed E-state index contributed by atoms with van der Waals surface area (Å²) < 4.78 is 2.37. The van der Waals surface area contributed by atoms with Crippen LogP contribution in [0.2, 0.25) is 0 Å². The van der Waals surface area contributed by atoms with Crippen LogP contribution in [0.15, 0.2) is 194 Å². The number of para-hydroxylation sites is 2. The summed E-state index contributed by atoms with van der Waals surface area (Å²) in [7, 11) is 0. The fraction of sp³-hybridized carbons (Fsp3) is 0. The quantitative estimate of drug-likeness (QED) is 0.162. The number of benzene rings is 8. The minimum atomic E-state index is 1.17. The predicted octanol–water partition coefficient (Wildman–Crippen LogP) is 12.9. The zero-order chi connectivity index (χ0) is 32.6. The average Bonchev–Trinajstić information content (AvgIpc) is 3.51. The molecule has 0 bridgehead atoms. The molecule has 49 heavy (non-hydrogen) atoms. The number of rotatable bonds is 6. The van der Waals surface area contributed by atoms with Crippen molar-refractivity contribution in [2.75, 3.05) is 0 Å². The van der Waals surface area contributed by atoms with Gasteiger partial charge >= 0.3 is 0 Å². The molecule has 0 saturated heterocycles. The zero-order valence-electron chi connectivity index (χ0n) is 27.0. The molecule has 0 spiro atoms. The molecule has 1 nitrogen and oxygen atoms in total. The van der Waals surface area contributed by atoms with E-state index in [9.17, 15) is 0 Å². The highest BCUT2D eigenvalue weighted by molar-refractivity contribution is 6.11. The first-order valence-electron chi connectivity index (χ1n) is 16.9. The first-order valence-corrected chi connectivity index (χ1v) is 16.9.